The summed E-state index contributed by atoms with van der Waals surface area (Å²) in [6, 6.07) is 11.4. The van der Waals surface area contributed by atoms with Crippen molar-refractivity contribution in [3.63, 3.8) is 0 Å². The Kier molecular flexibility index (Phi) is 7.66. The highest BCUT2D eigenvalue weighted by Gasteiger charge is 2.24. The molecule has 32 heavy (non-hydrogen) atoms. The van der Waals surface area contributed by atoms with Crippen LogP contribution in [-0.4, -0.2) is 51.0 Å². The summed E-state index contributed by atoms with van der Waals surface area (Å²) in [7, 11) is 2.01. The number of carbonyl (C=O) groups is 1. The molecule has 1 aliphatic heterocycles. The molecule has 0 unspecified atom stereocenters. The number of thioether (sulfide) groups is 1. The lowest BCUT2D eigenvalue weighted by molar-refractivity contribution is 0.134. The van der Waals surface area contributed by atoms with Crippen LogP contribution in [0.15, 0.2) is 66.3 Å². The standard InChI is InChI=1S/C24H28N4O3S/c1-27-15-12-26-23(27)32-18-20-8-13-28(14-9-20)24(29)31-21-6-4-19(5-7-21)10-16-30-22-3-2-11-25-17-22/h2-7,11-12,15,17,20H,8-10,13-14,16,18H2,1H3. The van der Waals surface area contributed by atoms with Crippen LogP contribution >= 0.6 is 11.8 Å². The Hall–Kier alpha value is -3.00. The van der Waals surface area contributed by atoms with Crippen molar-refractivity contribution in [1.29, 1.82) is 0 Å². The molecule has 1 saturated heterocycles. The first-order valence-electron chi connectivity index (χ1n) is 10.9. The number of carbonyl (C=O) groups excluding carboxylic acids is 1. The molecule has 2 aromatic heterocycles. The van der Waals surface area contributed by atoms with Crippen LogP contribution in [0.25, 0.3) is 0 Å². The molecule has 1 amide bonds. The van der Waals surface area contributed by atoms with Crippen molar-refractivity contribution in [1.82, 2.24) is 19.4 Å². The van der Waals surface area contributed by atoms with Crippen molar-refractivity contribution >= 4 is 17.9 Å². The zero-order valence-electron chi connectivity index (χ0n) is 18.2. The molecule has 3 heterocycles. The van der Waals surface area contributed by atoms with Gasteiger partial charge in [0.2, 0.25) is 0 Å². The van der Waals surface area contributed by atoms with Gasteiger partial charge in [-0.25, -0.2) is 9.78 Å². The van der Waals surface area contributed by atoms with E-state index in [0.29, 0.717) is 18.3 Å². The number of likely N-dealkylation sites (tertiary alicyclic amines) is 1. The fourth-order valence-corrected chi connectivity index (χ4v) is 4.69. The molecule has 0 spiro atoms. The number of amides is 1. The average Bonchev–Trinajstić information content (AvgIpc) is 3.24. The Labute approximate surface area is 192 Å². The molecule has 3 aromatic rings. The Bertz CT molecular complexity index is 986. The lowest BCUT2D eigenvalue weighted by Gasteiger charge is -2.31. The van der Waals surface area contributed by atoms with Gasteiger partial charge in [0.15, 0.2) is 5.16 Å². The van der Waals surface area contributed by atoms with Crippen molar-refractivity contribution in [3.8, 4) is 11.5 Å². The molecule has 0 saturated carbocycles. The van der Waals surface area contributed by atoms with Crippen molar-refractivity contribution in [2.24, 2.45) is 13.0 Å². The summed E-state index contributed by atoms with van der Waals surface area (Å²) < 4.78 is 13.3. The quantitative estimate of drug-likeness (QED) is 0.471. The maximum atomic E-state index is 12.5. The summed E-state index contributed by atoms with van der Waals surface area (Å²) in [5, 5.41) is 1.04. The fourth-order valence-electron chi connectivity index (χ4n) is 3.57. The number of benzene rings is 1. The van der Waals surface area contributed by atoms with E-state index in [1.54, 1.807) is 29.1 Å². The van der Waals surface area contributed by atoms with Crippen molar-refractivity contribution < 1.29 is 14.3 Å². The van der Waals surface area contributed by atoms with Crippen LogP contribution in [-0.2, 0) is 13.5 Å². The van der Waals surface area contributed by atoms with Crippen molar-refractivity contribution in [3.05, 3.63) is 66.7 Å². The first-order chi connectivity index (χ1) is 15.7. The summed E-state index contributed by atoms with van der Waals surface area (Å²) in [5.41, 5.74) is 1.12. The van der Waals surface area contributed by atoms with Gasteiger partial charge in [0.1, 0.15) is 11.5 Å². The van der Waals surface area contributed by atoms with E-state index in [-0.39, 0.29) is 6.09 Å². The zero-order valence-corrected chi connectivity index (χ0v) is 19.0. The predicted octanol–water partition coefficient (Wildman–Crippen LogP) is 4.44. The third-order valence-electron chi connectivity index (χ3n) is 5.52. The summed E-state index contributed by atoms with van der Waals surface area (Å²) in [6.07, 6.45) is 9.68. The molecule has 1 aliphatic rings. The second-order valence-electron chi connectivity index (χ2n) is 7.86. The second-order valence-corrected chi connectivity index (χ2v) is 8.85. The number of hydrogen-bond donors (Lipinski definition) is 0. The van der Waals surface area contributed by atoms with Crippen LogP contribution in [0.2, 0.25) is 0 Å². The van der Waals surface area contributed by atoms with Crippen LogP contribution in [0, 0.1) is 5.92 Å². The minimum atomic E-state index is -0.270. The third-order valence-corrected chi connectivity index (χ3v) is 6.81. The average molecular weight is 453 g/mol. The van der Waals surface area contributed by atoms with Crippen LogP contribution in [0.1, 0.15) is 18.4 Å². The number of ether oxygens (including phenoxy) is 2. The Morgan fingerprint density at radius 1 is 1.12 bits per heavy atom. The molecular weight excluding hydrogens is 424 g/mol. The minimum Gasteiger partial charge on any atom is -0.492 e. The first kappa shape index (κ1) is 22.2. The van der Waals surface area contributed by atoms with Gasteiger partial charge in [0.05, 0.1) is 12.8 Å². The van der Waals surface area contributed by atoms with Gasteiger partial charge in [-0.05, 0) is 48.6 Å². The number of aromatic nitrogens is 3. The lowest BCUT2D eigenvalue weighted by atomic mass is 9.99. The molecule has 7 nitrogen and oxygen atoms in total. The molecule has 8 heteroatoms. The Morgan fingerprint density at radius 2 is 1.94 bits per heavy atom. The monoisotopic (exact) mass is 452 g/mol. The maximum absolute atomic E-state index is 12.5. The largest absolute Gasteiger partial charge is 0.492 e. The molecule has 1 aromatic carbocycles. The third kappa shape index (κ3) is 6.26. The van der Waals surface area contributed by atoms with Crippen LogP contribution in [0.3, 0.4) is 0 Å². The van der Waals surface area contributed by atoms with Crippen LogP contribution < -0.4 is 9.47 Å². The Balaban J connectivity index is 1.17. The second kappa shape index (κ2) is 11.0. The SMILES string of the molecule is Cn1ccnc1SCC1CCN(C(=O)Oc2ccc(CCOc3cccnc3)cc2)CC1. The molecule has 4 rings (SSSR count). The van der Waals surface area contributed by atoms with Gasteiger partial charge in [0, 0.05) is 50.9 Å². The smallest absolute Gasteiger partial charge is 0.415 e. The number of nitrogens with zero attached hydrogens (tertiary/aromatic N) is 4. The first-order valence-corrected chi connectivity index (χ1v) is 11.8. The number of aryl methyl sites for hydroxylation is 1. The van der Waals surface area contributed by atoms with E-state index in [9.17, 15) is 4.79 Å². The van der Waals surface area contributed by atoms with Gasteiger partial charge < -0.3 is 18.9 Å². The summed E-state index contributed by atoms with van der Waals surface area (Å²) in [5.74, 6) is 2.95. The van der Waals surface area contributed by atoms with Gasteiger partial charge in [-0.15, -0.1) is 0 Å². The van der Waals surface area contributed by atoms with Crippen molar-refractivity contribution in [2.75, 3.05) is 25.4 Å². The van der Waals surface area contributed by atoms with Gasteiger partial charge >= 0.3 is 6.09 Å². The lowest BCUT2D eigenvalue weighted by Crippen LogP contribution is -2.40. The molecule has 0 N–H and O–H groups in total. The van der Waals surface area contributed by atoms with Crippen LogP contribution in [0.4, 0.5) is 4.79 Å². The zero-order chi connectivity index (χ0) is 22.2. The summed E-state index contributed by atoms with van der Waals surface area (Å²) in [6.45, 7) is 2.03. The number of rotatable bonds is 8. The van der Waals surface area contributed by atoms with Gasteiger partial charge in [-0.2, -0.15) is 0 Å². The number of imidazole rings is 1. The minimum absolute atomic E-state index is 0.270. The molecule has 168 valence electrons. The van der Waals surface area contributed by atoms with E-state index < -0.39 is 0 Å². The number of hydrogen-bond acceptors (Lipinski definition) is 6. The Morgan fingerprint density at radius 3 is 2.62 bits per heavy atom. The van der Waals surface area contributed by atoms with Crippen LogP contribution in [0.5, 0.6) is 11.5 Å². The predicted molar refractivity (Wildman–Crippen MR) is 124 cm³/mol. The number of piperidine rings is 1. The van der Waals surface area contributed by atoms with Crippen molar-refractivity contribution in [2.45, 2.75) is 24.4 Å². The topological polar surface area (TPSA) is 69.5 Å². The summed E-state index contributed by atoms with van der Waals surface area (Å²) in [4.78, 5) is 22.7. The van der Waals surface area contributed by atoms with E-state index >= 15 is 0 Å². The van der Waals surface area contributed by atoms with Gasteiger partial charge in [-0.1, -0.05) is 23.9 Å². The number of pyridine rings is 1. The molecule has 0 radical (unpaired) electrons. The molecule has 0 bridgehead atoms. The highest BCUT2D eigenvalue weighted by Crippen LogP contribution is 2.26. The fraction of sp³-hybridized carbons (Fsp3) is 0.375. The van der Waals surface area contributed by atoms with E-state index in [4.69, 9.17) is 9.47 Å². The van der Waals surface area contributed by atoms with E-state index in [2.05, 4.69) is 9.97 Å². The molecule has 0 atom stereocenters. The molecule has 0 aliphatic carbocycles. The van der Waals surface area contributed by atoms with E-state index in [0.717, 1.165) is 54.6 Å². The van der Waals surface area contributed by atoms with E-state index in [1.807, 2.05) is 60.4 Å². The van der Waals surface area contributed by atoms with E-state index in [1.165, 1.54) is 0 Å². The van der Waals surface area contributed by atoms with Gasteiger partial charge in [0.25, 0.3) is 0 Å². The maximum Gasteiger partial charge on any atom is 0.415 e. The highest BCUT2D eigenvalue weighted by molar-refractivity contribution is 7.99. The molecular formula is C24H28N4O3S. The summed E-state index contributed by atoms with van der Waals surface area (Å²) >= 11 is 1.78. The highest BCUT2D eigenvalue weighted by atomic mass is 32.2. The normalized spacial score (nSPS) is 14.3. The molecule has 1 fully saturated rings. The van der Waals surface area contributed by atoms with Gasteiger partial charge in [-0.3, -0.25) is 4.98 Å².